The first-order valence-corrected chi connectivity index (χ1v) is 5.00. The summed E-state index contributed by atoms with van der Waals surface area (Å²) < 4.78 is 6.15. The minimum atomic E-state index is 0.185. The van der Waals surface area contributed by atoms with E-state index in [2.05, 4.69) is 15.9 Å². The van der Waals surface area contributed by atoms with Gasteiger partial charge in [0, 0.05) is 10.5 Å². The van der Waals surface area contributed by atoms with E-state index in [1.807, 2.05) is 25.1 Å². The van der Waals surface area contributed by atoms with E-state index in [4.69, 9.17) is 10.5 Å². The SMILES string of the molecule is COc1ccc(C[C@H](C)N)c(Br)c1. The summed E-state index contributed by atoms with van der Waals surface area (Å²) in [7, 11) is 1.66. The van der Waals surface area contributed by atoms with Crippen LogP contribution in [0.2, 0.25) is 0 Å². The highest BCUT2D eigenvalue weighted by molar-refractivity contribution is 9.10. The summed E-state index contributed by atoms with van der Waals surface area (Å²) in [6.45, 7) is 2.00. The van der Waals surface area contributed by atoms with E-state index in [1.54, 1.807) is 7.11 Å². The number of halogens is 1. The van der Waals surface area contributed by atoms with Crippen molar-refractivity contribution >= 4 is 15.9 Å². The van der Waals surface area contributed by atoms with Gasteiger partial charge < -0.3 is 10.5 Å². The van der Waals surface area contributed by atoms with Crippen LogP contribution in [-0.2, 0) is 6.42 Å². The average molecular weight is 244 g/mol. The van der Waals surface area contributed by atoms with Gasteiger partial charge in [-0.3, -0.25) is 0 Å². The number of rotatable bonds is 3. The third-order valence-electron chi connectivity index (χ3n) is 1.80. The molecule has 0 bridgehead atoms. The Morgan fingerprint density at radius 2 is 2.23 bits per heavy atom. The Morgan fingerprint density at radius 1 is 1.54 bits per heavy atom. The maximum atomic E-state index is 5.71. The van der Waals surface area contributed by atoms with Crippen molar-refractivity contribution in [3.05, 3.63) is 28.2 Å². The van der Waals surface area contributed by atoms with Crippen molar-refractivity contribution in [2.75, 3.05) is 7.11 Å². The van der Waals surface area contributed by atoms with Gasteiger partial charge in [-0.15, -0.1) is 0 Å². The molecule has 13 heavy (non-hydrogen) atoms. The van der Waals surface area contributed by atoms with Gasteiger partial charge in [-0.1, -0.05) is 22.0 Å². The quantitative estimate of drug-likeness (QED) is 0.885. The van der Waals surface area contributed by atoms with Crippen LogP contribution in [0.15, 0.2) is 22.7 Å². The van der Waals surface area contributed by atoms with E-state index < -0.39 is 0 Å². The molecule has 0 aliphatic heterocycles. The van der Waals surface area contributed by atoms with Crippen molar-refractivity contribution in [3.63, 3.8) is 0 Å². The number of benzene rings is 1. The first kappa shape index (κ1) is 10.5. The lowest BCUT2D eigenvalue weighted by atomic mass is 10.1. The maximum Gasteiger partial charge on any atom is 0.120 e. The summed E-state index contributed by atoms with van der Waals surface area (Å²) in [6, 6.07) is 6.12. The molecule has 3 heteroatoms. The van der Waals surface area contributed by atoms with Crippen LogP contribution in [0, 0.1) is 0 Å². The molecule has 0 radical (unpaired) electrons. The van der Waals surface area contributed by atoms with Crippen molar-refractivity contribution in [3.8, 4) is 5.75 Å². The highest BCUT2D eigenvalue weighted by Gasteiger charge is 2.03. The first-order chi connectivity index (χ1) is 6.13. The number of ether oxygens (including phenoxy) is 1. The van der Waals surface area contributed by atoms with E-state index >= 15 is 0 Å². The maximum absolute atomic E-state index is 5.71. The van der Waals surface area contributed by atoms with Gasteiger partial charge in [-0.05, 0) is 31.0 Å². The second-order valence-corrected chi connectivity index (χ2v) is 3.99. The van der Waals surface area contributed by atoms with Gasteiger partial charge in [0.1, 0.15) is 5.75 Å². The highest BCUT2D eigenvalue weighted by atomic mass is 79.9. The van der Waals surface area contributed by atoms with Gasteiger partial charge in [0.2, 0.25) is 0 Å². The Bertz CT molecular complexity index is 286. The molecule has 1 rings (SSSR count). The van der Waals surface area contributed by atoms with Crippen LogP contribution in [0.5, 0.6) is 5.75 Å². The van der Waals surface area contributed by atoms with Crippen molar-refractivity contribution < 1.29 is 4.74 Å². The highest BCUT2D eigenvalue weighted by Crippen LogP contribution is 2.23. The van der Waals surface area contributed by atoms with Crippen LogP contribution in [0.3, 0.4) is 0 Å². The topological polar surface area (TPSA) is 35.2 Å². The van der Waals surface area contributed by atoms with Gasteiger partial charge in [-0.2, -0.15) is 0 Å². The zero-order chi connectivity index (χ0) is 9.84. The molecule has 0 aliphatic carbocycles. The predicted octanol–water partition coefficient (Wildman–Crippen LogP) is 2.35. The zero-order valence-electron chi connectivity index (χ0n) is 7.88. The monoisotopic (exact) mass is 243 g/mol. The third kappa shape index (κ3) is 3.01. The number of methoxy groups -OCH3 is 1. The van der Waals surface area contributed by atoms with Gasteiger partial charge in [0.05, 0.1) is 7.11 Å². The summed E-state index contributed by atoms with van der Waals surface area (Å²) in [5.41, 5.74) is 6.93. The molecule has 1 aromatic carbocycles. The average Bonchev–Trinajstić information content (AvgIpc) is 2.08. The van der Waals surface area contributed by atoms with Crippen LogP contribution < -0.4 is 10.5 Å². The molecule has 0 spiro atoms. The van der Waals surface area contributed by atoms with Crippen molar-refractivity contribution in [2.45, 2.75) is 19.4 Å². The number of hydrogen-bond acceptors (Lipinski definition) is 2. The Morgan fingerprint density at radius 3 is 2.69 bits per heavy atom. The molecule has 2 nitrogen and oxygen atoms in total. The zero-order valence-corrected chi connectivity index (χ0v) is 9.47. The molecular weight excluding hydrogens is 230 g/mol. The lowest BCUT2D eigenvalue weighted by Crippen LogP contribution is -2.17. The molecule has 0 amide bonds. The number of hydrogen-bond donors (Lipinski definition) is 1. The van der Waals surface area contributed by atoms with Gasteiger partial charge in [0.25, 0.3) is 0 Å². The second kappa shape index (κ2) is 4.63. The number of nitrogens with two attached hydrogens (primary N) is 1. The largest absolute Gasteiger partial charge is 0.497 e. The minimum Gasteiger partial charge on any atom is -0.497 e. The lowest BCUT2D eigenvalue weighted by Gasteiger charge is -2.08. The summed E-state index contributed by atoms with van der Waals surface area (Å²) in [4.78, 5) is 0. The lowest BCUT2D eigenvalue weighted by molar-refractivity contribution is 0.414. The molecule has 1 atom stereocenters. The first-order valence-electron chi connectivity index (χ1n) is 4.21. The smallest absolute Gasteiger partial charge is 0.120 e. The van der Waals surface area contributed by atoms with Crippen molar-refractivity contribution in [1.29, 1.82) is 0 Å². The van der Waals surface area contributed by atoms with Crippen LogP contribution in [0.25, 0.3) is 0 Å². The van der Waals surface area contributed by atoms with Crippen LogP contribution in [0.1, 0.15) is 12.5 Å². The summed E-state index contributed by atoms with van der Waals surface area (Å²) in [5.74, 6) is 0.861. The Balaban J connectivity index is 2.85. The Hall–Kier alpha value is -0.540. The fourth-order valence-electron chi connectivity index (χ4n) is 1.17. The predicted molar refractivity (Wildman–Crippen MR) is 58.0 cm³/mol. The summed E-state index contributed by atoms with van der Waals surface area (Å²) >= 11 is 3.48. The Labute approximate surface area is 87.2 Å². The molecule has 0 heterocycles. The Kier molecular flexibility index (Phi) is 3.75. The summed E-state index contributed by atoms with van der Waals surface area (Å²) in [6.07, 6.45) is 0.880. The molecule has 0 aromatic heterocycles. The summed E-state index contributed by atoms with van der Waals surface area (Å²) in [5, 5.41) is 0. The van der Waals surface area contributed by atoms with Crippen LogP contribution >= 0.6 is 15.9 Å². The van der Waals surface area contributed by atoms with Crippen LogP contribution in [-0.4, -0.2) is 13.2 Å². The normalized spacial score (nSPS) is 12.6. The van der Waals surface area contributed by atoms with Gasteiger partial charge in [-0.25, -0.2) is 0 Å². The van der Waals surface area contributed by atoms with E-state index in [9.17, 15) is 0 Å². The standard InChI is InChI=1S/C10H14BrNO/c1-7(12)5-8-3-4-9(13-2)6-10(8)11/h3-4,6-7H,5,12H2,1-2H3/t7-/m0/s1. The fourth-order valence-corrected chi connectivity index (χ4v) is 1.69. The van der Waals surface area contributed by atoms with Gasteiger partial charge in [0.15, 0.2) is 0 Å². The van der Waals surface area contributed by atoms with E-state index in [0.717, 1.165) is 16.6 Å². The van der Waals surface area contributed by atoms with Gasteiger partial charge >= 0.3 is 0 Å². The fraction of sp³-hybridized carbons (Fsp3) is 0.400. The van der Waals surface area contributed by atoms with Crippen LogP contribution in [0.4, 0.5) is 0 Å². The molecular formula is C10H14BrNO. The molecule has 0 saturated carbocycles. The van der Waals surface area contributed by atoms with E-state index in [0.29, 0.717) is 0 Å². The molecule has 1 aromatic rings. The minimum absolute atomic E-state index is 0.185. The molecule has 72 valence electrons. The van der Waals surface area contributed by atoms with E-state index in [1.165, 1.54) is 5.56 Å². The molecule has 0 fully saturated rings. The molecule has 0 unspecified atom stereocenters. The molecule has 0 saturated heterocycles. The third-order valence-corrected chi connectivity index (χ3v) is 2.54. The van der Waals surface area contributed by atoms with E-state index in [-0.39, 0.29) is 6.04 Å². The van der Waals surface area contributed by atoms with Crippen molar-refractivity contribution in [2.24, 2.45) is 5.73 Å². The second-order valence-electron chi connectivity index (χ2n) is 3.14. The van der Waals surface area contributed by atoms with Crippen molar-refractivity contribution in [1.82, 2.24) is 0 Å². The molecule has 0 aliphatic rings. The molecule has 2 N–H and O–H groups in total.